The van der Waals surface area contributed by atoms with E-state index in [2.05, 4.69) is 15.6 Å². The van der Waals surface area contributed by atoms with Crippen LogP contribution in [0.1, 0.15) is 5.56 Å². The number of anilines is 1. The lowest BCUT2D eigenvalue weighted by Crippen LogP contribution is -2.31. The van der Waals surface area contributed by atoms with Crippen molar-refractivity contribution in [2.24, 2.45) is 0 Å². The van der Waals surface area contributed by atoms with E-state index < -0.39 is 0 Å². The minimum atomic E-state index is -0.273. The number of nitriles is 1. The van der Waals surface area contributed by atoms with Crippen LogP contribution in [0.2, 0.25) is 0 Å². The Hall–Kier alpha value is -2.81. The highest BCUT2D eigenvalue weighted by molar-refractivity contribution is 5.89. The number of carbonyl (C=O) groups excluding carboxylic acids is 1. The van der Waals surface area contributed by atoms with E-state index in [4.69, 9.17) is 5.26 Å². The molecule has 0 saturated heterocycles. The van der Waals surface area contributed by atoms with Crippen molar-refractivity contribution in [1.82, 2.24) is 14.9 Å². The number of amides is 2. The van der Waals surface area contributed by atoms with Crippen LogP contribution in [0.5, 0.6) is 0 Å². The second kappa shape index (κ2) is 6.21. The van der Waals surface area contributed by atoms with E-state index >= 15 is 0 Å². The van der Waals surface area contributed by atoms with E-state index in [1.54, 1.807) is 36.8 Å². The molecule has 0 aliphatic carbocycles. The molecule has 1 heterocycles. The van der Waals surface area contributed by atoms with Crippen LogP contribution in [-0.2, 0) is 6.54 Å². The van der Waals surface area contributed by atoms with Gasteiger partial charge in [-0.05, 0) is 24.3 Å². The van der Waals surface area contributed by atoms with Crippen molar-refractivity contribution in [3.8, 4) is 6.07 Å². The maximum Gasteiger partial charge on any atom is 0.319 e. The Morgan fingerprint density at radius 3 is 2.79 bits per heavy atom. The molecule has 1 aromatic carbocycles. The SMILES string of the molecule is N#Cc1ccc(NC(=O)NCCn2ccnc2)cc1. The number of urea groups is 1. The third-order valence-corrected chi connectivity index (χ3v) is 2.49. The second-order valence-electron chi connectivity index (χ2n) is 3.87. The molecule has 96 valence electrons. The van der Waals surface area contributed by atoms with E-state index in [1.807, 2.05) is 16.8 Å². The summed E-state index contributed by atoms with van der Waals surface area (Å²) < 4.78 is 1.88. The third-order valence-electron chi connectivity index (χ3n) is 2.49. The average Bonchev–Trinajstić information content (AvgIpc) is 2.93. The van der Waals surface area contributed by atoms with Crippen LogP contribution >= 0.6 is 0 Å². The largest absolute Gasteiger partial charge is 0.336 e. The Kier molecular flexibility index (Phi) is 4.13. The van der Waals surface area contributed by atoms with Crippen molar-refractivity contribution in [2.45, 2.75) is 6.54 Å². The summed E-state index contributed by atoms with van der Waals surface area (Å²) in [6.07, 6.45) is 5.22. The lowest BCUT2D eigenvalue weighted by Gasteiger charge is -2.07. The molecule has 2 amide bonds. The molecule has 0 atom stereocenters. The summed E-state index contributed by atoms with van der Waals surface area (Å²) in [7, 11) is 0. The molecule has 0 bridgehead atoms. The zero-order valence-electron chi connectivity index (χ0n) is 10.2. The third kappa shape index (κ3) is 3.85. The first-order chi connectivity index (χ1) is 9.28. The fourth-order valence-electron chi connectivity index (χ4n) is 1.52. The van der Waals surface area contributed by atoms with Crippen LogP contribution in [0, 0.1) is 11.3 Å². The Balaban J connectivity index is 1.76. The average molecular weight is 255 g/mol. The van der Waals surface area contributed by atoms with Crippen LogP contribution in [0.15, 0.2) is 43.0 Å². The highest BCUT2D eigenvalue weighted by Crippen LogP contribution is 2.08. The molecule has 0 spiro atoms. The normalized spacial score (nSPS) is 9.63. The molecule has 2 aromatic rings. The summed E-state index contributed by atoms with van der Waals surface area (Å²) in [5.41, 5.74) is 1.21. The predicted octanol–water partition coefficient (Wildman–Crippen LogP) is 1.58. The van der Waals surface area contributed by atoms with Gasteiger partial charge in [0.25, 0.3) is 0 Å². The molecule has 0 radical (unpaired) electrons. The minimum Gasteiger partial charge on any atom is -0.336 e. The van der Waals surface area contributed by atoms with Gasteiger partial charge in [0.2, 0.25) is 0 Å². The van der Waals surface area contributed by atoms with Gasteiger partial charge in [0.15, 0.2) is 0 Å². The number of rotatable bonds is 4. The van der Waals surface area contributed by atoms with Crippen molar-refractivity contribution < 1.29 is 4.79 Å². The van der Waals surface area contributed by atoms with Gasteiger partial charge in [-0.3, -0.25) is 0 Å². The number of nitrogens with one attached hydrogen (secondary N) is 2. The zero-order valence-corrected chi connectivity index (χ0v) is 10.2. The number of hydrogen-bond donors (Lipinski definition) is 2. The maximum absolute atomic E-state index is 11.6. The number of imidazole rings is 1. The van der Waals surface area contributed by atoms with Crippen LogP contribution in [0.25, 0.3) is 0 Å². The van der Waals surface area contributed by atoms with Crippen molar-refractivity contribution in [2.75, 3.05) is 11.9 Å². The molecule has 0 saturated carbocycles. The Morgan fingerprint density at radius 1 is 1.37 bits per heavy atom. The fraction of sp³-hybridized carbons (Fsp3) is 0.154. The zero-order chi connectivity index (χ0) is 13.5. The number of aromatic nitrogens is 2. The molecule has 0 aliphatic heterocycles. The Morgan fingerprint density at radius 2 is 2.16 bits per heavy atom. The van der Waals surface area contributed by atoms with E-state index in [9.17, 15) is 4.79 Å². The molecule has 2 rings (SSSR count). The smallest absolute Gasteiger partial charge is 0.319 e. The summed E-state index contributed by atoms with van der Waals surface area (Å²) in [5.74, 6) is 0. The Labute approximate surface area is 110 Å². The highest BCUT2D eigenvalue weighted by Gasteiger charge is 2.01. The Bertz CT molecular complexity index is 568. The topological polar surface area (TPSA) is 82.7 Å². The second-order valence-corrected chi connectivity index (χ2v) is 3.87. The van der Waals surface area contributed by atoms with Crippen molar-refractivity contribution in [3.05, 3.63) is 48.5 Å². The van der Waals surface area contributed by atoms with Gasteiger partial charge < -0.3 is 15.2 Å². The lowest BCUT2D eigenvalue weighted by atomic mass is 10.2. The monoisotopic (exact) mass is 255 g/mol. The first kappa shape index (κ1) is 12.6. The number of hydrogen-bond acceptors (Lipinski definition) is 3. The van der Waals surface area contributed by atoms with Crippen LogP contribution in [-0.4, -0.2) is 22.1 Å². The minimum absolute atomic E-state index is 0.273. The molecular formula is C13H13N5O. The summed E-state index contributed by atoms with van der Waals surface area (Å²) >= 11 is 0. The van der Waals surface area contributed by atoms with Crippen molar-refractivity contribution in [1.29, 1.82) is 5.26 Å². The molecule has 2 N–H and O–H groups in total. The summed E-state index contributed by atoms with van der Waals surface area (Å²) in [4.78, 5) is 15.5. The molecule has 6 nitrogen and oxygen atoms in total. The van der Waals surface area contributed by atoms with Crippen LogP contribution in [0.3, 0.4) is 0 Å². The van der Waals surface area contributed by atoms with E-state index in [-0.39, 0.29) is 6.03 Å². The van der Waals surface area contributed by atoms with Gasteiger partial charge >= 0.3 is 6.03 Å². The van der Waals surface area contributed by atoms with Gasteiger partial charge in [-0.15, -0.1) is 0 Å². The quantitative estimate of drug-likeness (QED) is 0.870. The molecule has 0 unspecified atom stereocenters. The van der Waals surface area contributed by atoms with Gasteiger partial charge in [-0.1, -0.05) is 0 Å². The van der Waals surface area contributed by atoms with Crippen molar-refractivity contribution >= 4 is 11.7 Å². The molecule has 1 aromatic heterocycles. The summed E-state index contributed by atoms with van der Waals surface area (Å²) in [5, 5.41) is 14.1. The molecule has 0 fully saturated rings. The van der Waals surface area contributed by atoms with E-state index in [0.29, 0.717) is 24.3 Å². The first-order valence-corrected chi connectivity index (χ1v) is 5.79. The van der Waals surface area contributed by atoms with Crippen molar-refractivity contribution in [3.63, 3.8) is 0 Å². The number of benzene rings is 1. The van der Waals surface area contributed by atoms with Gasteiger partial charge in [0.1, 0.15) is 0 Å². The standard InChI is InChI=1S/C13H13N5O/c14-9-11-1-3-12(4-2-11)17-13(19)16-6-8-18-7-5-15-10-18/h1-5,7,10H,6,8H2,(H2,16,17,19). The van der Waals surface area contributed by atoms with Gasteiger partial charge in [-0.25, -0.2) is 9.78 Å². The molecule has 6 heteroatoms. The fourth-order valence-corrected chi connectivity index (χ4v) is 1.52. The molecule has 0 aliphatic rings. The van der Waals surface area contributed by atoms with E-state index in [0.717, 1.165) is 0 Å². The van der Waals surface area contributed by atoms with Gasteiger partial charge in [0.05, 0.1) is 18.0 Å². The van der Waals surface area contributed by atoms with Crippen LogP contribution < -0.4 is 10.6 Å². The van der Waals surface area contributed by atoms with Gasteiger partial charge in [0, 0.05) is 31.2 Å². The summed E-state index contributed by atoms with van der Waals surface area (Å²) in [6.45, 7) is 1.18. The predicted molar refractivity (Wildman–Crippen MR) is 70.4 cm³/mol. The van der Waals surface area contributed by atoms with Gasteiger partial charge in [-0.2, -0.15) is 5.26 Å². The van der Waals surface area contributed by atoms with E-state index in [1.165, 1.54) is 0 Å². The maximum atomic E-state index is 11.6. The first-order valence-electron chi connectivity index (χ1n) is 5.79. The highest BCUT2D eigenvalue weighted by atomic mass is 16.2. The molecule has 19 heavy (non-hydrogen) atoms. The number of carbonyl (C=O) groups is 1. The van der Waals surface area contributed by atoms with Crippen LogP contribution in [0.4, 0.5) is 10.5 Å². The summed E-state index contributed by atoms with van der Waals surface area (Å²) in [6, 6.07) is 8.43. The lowest BCUT2D eigenvalue weighted by molar-refractivity contribution is 0.251. The number of nitrogens with zero attached hydrogens (tertiary/aromatic N) is 3. The molecular weight excluding hydrogens is 242 g/mol.